The molecule has 0 saturated carbocycles. The van der Waals surface area contributed by atoms with Gasteiger partial charge in [0.2, 0.25) is 5.91 Å². The average molecular weight is 617 g/mol. The maximum absolute atomic E-state index is 13.9. The van der Waals surface area contributed by atoms with Crippen molar-refractivity contribution in [1.29, 1.82) is 0 Å². The summed E-state index contributed by atoms with van der Waals surface area (Å²) in [5.74, 6) is -2.57. The molecule has 10 heteroatoms. The van der Waals surface area contributed by atoms with E-state index in [1.165, 1.54) is 18.2 Å². The second-order valence-electron chi connectivity index (χ2n) is 12.7. The Kier molecular flexibility index (Phi) is 10.6. The molecule has 1 fully saturated rings. The van der Waals surface area contributed by atoms with Gasteiger partial charge < -0.3 is 25.5 Å². The maximum Gasteiger partial charge on any atom is 0.305 e. The van der Waals surface area contributed by atoms with Crippen LogP contribution in [0.2, 0.25) is 0 Å². The van der Waals surface area contributed by atoms with Crippen LogP contribution in [0.4, 0.5) is 15.8 Å². The predicted molar refractivity (Wildman–Crippen MR) is 172 cm³/mol. The normalized spacial score (nSPS) is 14.3. The highest BCUT2D eigenvalue weighted by molar-refractivity contribution is 6.07. The van der Waals surface area contributed by atoms with Crippen LogP contribution in [0.1, 0.15) is 77.9 Å². The third-order valence-corrected chi connectivity index (χ3v) is 7.63. The van der Waals surface area contributed by atoms with E-state index in [2.05, 4.69) is 15.5 Å². The standard InChI is InChI=1S/C35H41FN4O5/c1-23-9-11-24(12-10-23)28(21-32(42)43)37-34(45)26-13-14-30(29(20-26)38-33(44)25-7-5-8-27(36)19-25)39-15-6-16-40(18-17-39)31(41)22-35(2,3)4/h5,7-14,19-20,28H,6,15-18,21-22H2,1-4H3,(H,37,45)(H,38,44)(H,42,43). The third-order valence-electron chi connectivity index (χ3n) is 7.63. The number of anilines is 2. The molecule has 1 aliphatic rings. The van der Waals surface area contributed by atoms with Gasteiger partial charge in [0, 0.05) is 43.7 Å². The van der Waals surface area contributed by atoms with E-state index in [4.69, 9.17) is 0 Å². The van der Waals surface area contributed by atoms with E-state index in [0.717, 1.165) is 11.6 Å². The Hall–Kier alpha value is -4.73. The zero-order valence-electron chi connectivity index (χ0n) is 26.2. The number of rotatable bonds is 9. The number of nitrogens with zero attached hydrogens (tertiary/aromatic N) is 2. The van der Waals surface area contributed by atoms with Crippen molar-refractivity contribution in [3.63, 3.8) is 0 Å². The third kappa shape index (κ3) is 9.38. The van der Waals surface area contributed by atoms with Crippen molar-refractivity contribution in [1.82, 2.24) is 10.2 Å². The van der Waals surface area contributed by atoms with Gasteiger partial charge in [-0.15, -0.1) is 0 Å². The molecule has 4 rings (SSSR count). The number of carboxylic acid groups (broad SMARTS) is 1. The lowest BCUT2D eigenvalue weighted by Crippen LogP contribution is -2.37. The number of benzene rings is 3. The van der Waals surface area contributed by atoms with Gasteiger partial charge in [0.1, 0.15) is 5.82 Å². The minimum absolute atomic E-state index is 0.0977. The second kappa shape index (κ2) is 14.4. The quantitative estimate of drug-likeness (QED) is 0.279. The summed E-state index contributed by atoms with van der Waals surface area (Å²) in [5, 5.41) is 15.2. The van der Waals surface area contributed by atoms with Crippen LogP contribution in [0.3, 0.4) is 0 Å². The SMILES string of the molecule is Cc1ccc(C(CC(=O)O)NC(=O)c2ccc(N3CCCN(C(=O)CC(C)(C)C)CC3)c(NC(=O)c3cccc(F)c3)c2)cc1. The van der Waals surface area contributed by atoms with E-state index in [9.17, 15) is 28.7 Å². The lowest BCUT2D eigenvalue weighted by molar-refractivity contribution is -0.137. The highest BCUT2D eigenvalue weighted by Crippen LogP contribution is 2.30. The Balaban J connectivity index is 1.62. The highest BCUT2D eigenvalue weighted by Gasteiger charge is 2.26. The molecular formula is C35H41FN4O5. The Labute approximate surface area is 263 Å². The number of hydrogen-bond donors (Lipinski definition) is 3. The van der Waals surface area contributed by atoms with Gasteiger partial charge in [-0.25, -0.2) is 4.39 Å². The predicted octanol–water partition coefficient (Wildman–Crippen LogP) is 5.81. The molecule has 3 aromatic carbocycles. The molecule has 1 aliphatic heterocycles. The topological polar surface area (TPSA) is 119 Å². The van der Waals surface area contributed by atoms with Crippen LogP contribution in [0.25, 0.3) is 0 Å². The van der Waals surface area contributed by atoms with Crippen LogP contribution in [0.5, 0.6) is 0 Å². The van der Waals surface area contributed by atoms with E-state index in [1.807, 2.05) is 44.7 Å². The highest BCUT2D eigenvalue weighted by atomic mass is 19.1. The van der Waals surface area contributed by atoms with Crippen LogP contribution < -0.4 is 15.5 Å². The van der Waals surface area contributed by atoms with Crippen LogP contribution in [0, 0.1) is 18.2 Å². The van der Waals surface area contributed by atoms with Gasteiger partial charge in [-0.3, -0.25) is 19.2 Å². The molecule has 0 bridgehead atoms. The van der Waals surface area contributed by atoms with E-state index in [-0.39, 0.29) is 28.9 Å². The lowest BCUT2D eigenvalue weighted by atomic mass is 9.91. The molecule has 0 aliphatic carbocycles. The van der Waals surface area contributed by atoms with Crippen LogP contribution in [-0.4, -0.2) is 59.9 Å². The second-order valence-corrected chi connectivity index (χ2v) is 12.7. The number of aryl methyl sites for hydroxylation is 1. The molecular weight excluding hydrogens is 575 g/mol. The molecule has 3 N–H and O–H groups in total. The number of carbonyl (C=O) groups excluding carboxylic acids is 3. The Morgan fingerprint density at radius 2 is 1.60 bits per heavy atom. The average Bonchev–Trinajstić information content (AvgIpc) is 3.22. The van der Waals surface area contributed by atoms with E-state index in [0.29, 0.717) is 56.0 Å². The van der Waals surface area contributed by atoms with Gasteiger partial charge in [0.05, 0.1) is 23.8 Å². The lowest BCUT2D eigenvalue weighted by Gasteiger charge is -2.27. The van der Waals surface area contributed by atoms with Crippen molar-refractivity contribution in [3.8, 4) is 0 Å². The zero-order chi connectivity index (χ0) is 32.7. The minimum Gasteiger partial charge on any atom is -0.481 e. The van der Waals surface area contributed by atoms with Crippen molar-refractivity contribution in [2.24, 2.45) is 5.41 Å². The zero-order valence-corrected chi connectivity index (χ0v) is 26.2. The summed E-state index contributed by atoms with van der Waals surface area (Å²) in [7, 11) is 0. The molecule has 45 heavy (non-hydrogen) atoms. The fourth-order valence-electron chi connectivity index (χ4n) is 5.32. The summed E-state index contributed by atoms with van der Waals surface area (Å²) in [5.41, 5.74) is 2.86. The summed E-state index contributed by atoms with van der Waals surface area (Å²) >= 11 is 0. The summed E-state index contributed by atoms with van der Waals surface area (Å²) in [4.78, 5) is 55.2. The summed E-state index contributed by atoms with van der Waals surface area (Å²) in [6.45, 7) is 10.3. The summed E-state index contributed by atoms with van der Waals surface area (Å²) in [6.07, 6.45) is 0.842. The molecule has 238 valence electrons. The van der Waals surface area contributed by atoms with Crippen molar-refractivity contribution < 1.29 is 28.7 Å². The monoisotopic (exact) mass is 616 g/mol. The number of carbonyl (C=O) groups is 4. The van der Waals surface area contributed by atoms with Gasteiger partial charge in [0.25, 0.3) is 11.8 Å². The van der Waals surface area contributed by atoms with Gasteiger partial charge in [-0.1, -0.05) is 56.7 Å². The Bertz CT molecular complexity index is 1550. The van der Waals surface area contributed by atoms with Crippen molar-refractivity contribution in [2.75, 3.05) is 36.4 Å². The van der Waals surface area contributed by atoms with E-state index in [1.54, 1.807) is 30.3 Å². The summed E-state index contributed by atoms with van der Waals surface area (Å²) in [6, 6.07) is 16.7. The van der Waals surface area contributed by atoms with Gasteiger partial charge in [-0.05, 0) is 60.7 Å². The van der Waals surface area contributed by atoms with Gasteiger partial charge >= 0.3 is 5.97 Å². The fourth-order valence-corrected chi connectivity index (χ4v) is 5.32. The molecule has 3 amide bonds. The largest absolute Gasteiger partial charge is 0.481 e. The maximum atomic E-state index is 13.9. The fraction of sp³-hybridized carbons (Fsp3) is 0.371. The van der Waals surface area contributed by atoms with E-state index >= 15 is 0 Å². The number of hydrogen-bond acceptors (Lipinski definition) is 5. The van der Waals surface area contributed by atoms with Gasteiger partial charge in [0.15, 0.2) is 0 Å². The Morgan fingerprint density at radius 3 is 2.27 bits per heavy atom. The molecule has 0 aromatic heterocycles. The van der Waals surface area contributed by atoms with Crippen LogP contribution in [0.15, 0.2) is 66.7 Å². The smallest absolute Gasteiger partial charge is 0.305 e. The number of halogens is 1. The summed E-state index contributed by atoms with van der Waals surface area (Å²) < 4.78 is 13.9. The molecule has 0 radical (unpaired) electrons. The van der Waals surface area contributed by atoms with E-state index < -0.39 is 29.6 Å². The first-order valence-corrected chi connectivity index (χ1v) is 15.1. The number of aliphatic carboxylic acids is 1. The Morgan fingerprint density at radius 1 is 0.889 bits per heavy atom. The van der Waals surface area contributed by atoms with Gasteiger partial charge in [-0.2, -0.15) is 0 Å². The first-order valence-electron chi connectivity index (χ1n) is 15.1. The number of carboxylic acids is 1. The molecule has 0 spiro atoms. The van der Waals surface area contributed by atoms with Crippen molar-refractivity contribution in [2.45, 2.75) is 53.0 Å². The first-order chi connectivity index (χ1) is 21.3. The molecule has 3 aromatic rings. The molecule has 9 nitrogen and oxygen atoms in total. The first kappa shape index (κ1) is 33.2. The number of nitrogens with one attached hydrogen (secondary N) is 2. The molecule has 1 atom stereocenters. The number of amides is 3. The molecule has 1 saturated heterocycles. The molecule has 1 heterocycles. The van der Waals surface area contributed by atoms with Crippen LogP contribution >= 0.6 is 0 Å². The van der Waals surface area contributed by atoms with Crippen molar-refractivity contribution >= 4 is 35.1 Å². The van der Waals surface area contributed by atoms with Crippen molar-refractivity contribution in [3.05, 3.63) is 94.8 Å². The van der Waals surface area contributed by atoms with Crippen LogP contribution in [-0.2, 0) is 9.59 Å². The minimum atomic E-state index is -1.06. The molecule has 1 unspecified atom stereocenters.